The van der Waals surface area contributed by atoms with Crippen LogP contribution in [0.4, 0.5) is 0 Å². The minimum absolute atomic E-state index is 0.0232. The Bertz CT molecular complexity index is 133. The summed E-state index contributed by atoms with van der Waals surface area (Å²) in [4.78, 5) is 10.1. The molecule has 55 valence electrons. The van der Waals surface area contributed by atoms with Gasteiger partial charge in [-0.3, -0.25) is 4.79 Å². The Hall–Kier alpha value is -0.630. The summed E-state index contributed by atoms with van der Waals surface area (Å²) in [5.41, 5.74) is 0. The van der Waals surface area contributed by atoms with Gasteiger partial charge in [-0.2, -0.15) is 0 Å². The Morgan fingerprint density at radius 1 is 1.70 bits per heavy atom. The molecule has 0 spiro atoms. The normalized spacial score (nSPS) is 32.0. The maximum absolute atomic E-state index is 10.1. The van der Waals surface area contributed by atoms with Crippen molar-refractivity contribution >= 4 is 6.29 Å². The van der Waals surface area contributed by atoms with Crippen molar-refractivity contribution in [1.82, 2.24) is 5.32 Å². The first-order chi connectivity index (χ1) is 4.86. The van der Waals surface area contributed by atoms with E-state index >= 15 is 0 Å². The smallest absolute Gasteiger partial charge is 0.216 e. The molecule has 1 fully saturated rings. The van der Waals surface area contributed by atoms with Gasteiger partial charge < -0.3 is 5.32 Å². The summed E-state index contributed by atoms with van der Waals surface area (Å²) in [5.74, 6) is 0. The lowest BCUT2D eigenvalue weighted by Crippen LogP contribution is -2.29. The van der Waals surface area contributed by atoms with Gasteiger partial charge in [-0.05, 0) is 19.3 Å². The predicted molar refractivity (Wildman–Crippen MR) is 40.5 cm³/mol. The van der Waals surface area contributed by atoms with Gasteiger partial charge in [0.1, 0.15) is 0 Å². The predicted octanol–water partition coefficient (Wildman–Crippen LogP) is 0.793. The van der Waals surface area contributed by atoms with Gasteiger partial charge in [0.15, 0.2) is 0 Å². The standard InChI is InChI=1S/C8H12NO/c1-2-3-7-4-5-8(6-10)9-7/h2,7-9H,1,3-5H2/t7?,8-/m0/s1. The van der Waals surface area contributed by atoms with E-state index in [2.05, 4.69) is 11.9 Å². The molecule has 0 amide bonds. The molecule has 0 aromatic rings. The van der Waals surface area contributed by atoms with Crippen molar-refractivity contribution in [1.29, 1.82) is 0 Å². The van der Waals surface area contributed by atoms with Crippen LogP contribution in [0.5, 0.6) is 0 Å². The van der Waals surface area contributed by atoms with Crippen LogP contribution in [0, 0.1) is 0 Å². The molecule has 2 nitrogen and oxygen atoms in total. The molecule has 1 saturated heterocycles. The fraction of sp³-hybridized carbons (Fsp3) is 0.625. The summed E-state index contributed by atoms with van der Waals surface area (Å²) in [6.45, 7) is 3.64. The molecule has 1 aliphatic rings. The lowest BCUT2D eigenvalue weighted by molar-refractivity contribution is 0.523. The molecule has 1 unspecified atom stereocenters. The summed E-state index contributed by atoms with van der Waals surface area (Å²) in [7, 11) is 0. The van der Waals surface area contributed by atoms with Crippen molar-refractivity contribution in [2.75, 3.05) is 0 Å². The maximum Gasteiger partial charge on any atom is 0.216 e. The van der Waals surface area contributed by atoms with Crippen LogP contribution in [0.3, 0.4) is 0 Å². The van der Waals surface area contributed by atoms with E-state index in [4.69, 9.17) is 0 Å². The van der Waals surface area contributed by atoms with Gasteiger partial charge >= 0.3 is 0 Å². The van der Waals surface area contributed by atoms with E-state index in [9.17, 15) is 4.79 Å². The number of hydrogen-bond donors (Lipinski definition) is 1. The highest BCUT2D eigenvalue weighted by molar-refractivity contribution is 5.59. The van der Waals surface area contributed by atoms with Crippen molar-refractivity contribution in [3.05, 3.63) is 12.7 Å². The molecule has 2 atom stereocenters. The quantitative estimate of drug-likeness (QED) is 0.584. The fourth-order valence-electron chi connectivity index (χ4n) is 1.30. The second kappa shape index (κ2) is 3.52. The summed E-state index contributed by atoms with van der Waals surface area (Å²) in [6, 6.07) is 0.439. The topological polar surface area (TPSA) is 29.1 Å². The molecule has 0 aliphatic carbocycles. The van der Waals surface area contributed by atoms with Crippen molar-refractivity contribution in [3.63, 3.8) is 0 Å². The number of hydrogen-bond acceptors (Lipinski definition) is 2. The highest BCUT2D eigenvalue weighted by Crippen LogP contribution is 2.13. The molecule has 0 bridgehead atoms. The second-order valence-electron chi connectivity index (χ2n) is 2.64. The highest BCUT2D eigenvalue weighted by atomic mass is 16.1. The van der Waals surface area contributed by atoms with Crippen molar-refractivity contribution in [2.24, 2.45) is 0 Å². The molecule has 1 radical (unpaired) electrons. The first kappa shape index (κ1) is 7.48. The van der Waals surface area contributed by atoms with Gasteiger partial charge in [0.25, 0.3) is 0 Å². The number of carbonyl (C=O) groups excluding carboxylic acids is 1. The number of rotatable bonds is 3. The van der Waals surface area contributed by atoms with E-state index in [0.29, 0.717) is 6.04 Å². The third-order valence-corrected chi connectivity index (χ3v) is 1.83. The minimum atomic E-state index is -0.0232. The third kappa shape index (κ3) is 1.67. The summed E-state index contributed by atoms with van der Waals surface area (Å²) in [5, 5.41) is 3.15. The Kier molecular flexibility index (Phi) is 2.63. The summed E-state index contributed by atoms with van der Waals surface area (Å²) < 4.78 is 0. The lowest BCUT2D eigenvalue weighted by Gasteiger charge is -2.05. The number of nitrogens with one attached hydrogen (secondary N) is 1. The van der Waals surface area contributed by atoms with Gasteiger partial charge in [-0.1, -0.05) is 6.08 Å². The lowest BCUT2D eigenvalue weighted by atomic mass is 10.1. The summed E-state index contributed by atoms with van der Waals surface area (Å²) in [6.07, 6.45) is 6.80. The van der Waals surface area contributed by atoms with Crippen molar-refractivity contribution < 1.29 is 4.79 Å². The average Bonchev–Trinajstić information content (AvgIpc) is 2.37. The van der Waals surface area contributed by atoms with E-state index < -0.39 is 0 Å². The van der Waals surface area contributed by atoms with Crippen LogP contribution >= 0.6 is 0 Å². The van der Waals surface area contributed by atoms with Gasteiger partial charge in [0.2, 0.25) is 6.29 Å². The third-order valence-electron chi connectivity index (χ3n) is 1.83. The van der Waals surface area contributed by atoms with Crippen LogP contribution in [0.1, 0.15) is 19.3 Å². The van der Waals surface area contributed by atoms with E-state index in [1.807, 2.05) is 12.4 Å². The van der Waals surface area contributed by atoms with Crippen molar-refractivity contribution in [3.8, 4) is 0 Å². The minimum Gasteiger partial charge on any atom is -0.304 e. The molecular formula is C8H12NO. The van der Waals surface area contributed by atoms with E-state index in [0.717, 1.165) is 19.3 Å². The van der Waals surface area contributed by atoms with Crippen LogP contribution in [0.2, 0.25) is 0 Å². The fourth-order valence-corrected chi connectivity index (χ4v) is 1.30. The van der Waals surface area contributed by atoms with E-state index in [1.54, 1.807) is 0 Å². The second-order valence-corrected chi connectivity index (χ2v) is 2.64. The van der Waals surface area contributed by atoms with E-state index in [1.165, 1.54) is 0 Å². The Morgan fingerprint density at radius 2 is 2.50 bits per heavy atom. The summed E-state index contributed by atoms with van der Waals surface area (Å²) >= 11 is 0. The van der Waals surface area contributed by atoms with Crippen LogP contribution in [-0.4, -0.2) is 18.4 Å². The largest absolute Gasteiger partial charge is 0.304 e. The van der Waals surface area contributed by atoms with E-state index in [-0.39, 0.29) is 6.04 Å². The SMILES string of the molecule is C=CCC1CC[C@@H]([C]=O)N1. The molecule has 2 heteroatoms. The molecule has 1 heterocycles. The monoisotopic (exact) mass is 138 g/mol. The molecular weight excluding hydrogens is 126 g/mol. The first-order valence-corrected chi connectivity index (χ1v) is 3.61. The zero-order valence-electron chi connectivity index (χ0n) is 5.97. The molecule has 1 rings (SSSR count). The van der Waals surface area contributed by atoms with Crippen LogP contribution in [0.15, 0.2) is 12.7 Å². The highest BCUT2D eigenvalue weighted by Gasteiger charge is 2.21. The Balaban J connectivity index is 2.27. The molecule has 0 aromatic heterocycles. The first-order valence-electron chi connectivity index (χ1n) is 3.61. The van der Waals surface area contributed by atoms with Gasteiger partial charge in [0, 0.05) is 6.04 Å². The van der Waals surface area contributed by atoms with Crippen LogP contribution in [-0.2, 0) is 4.79 Å². The molecule has 0 saturated carbocycles. The Labute approximate surface area is 61.3 Å². The zero-order valence-corrected chi connectivity index (χ0v) is 5.97. The molecule has 1 N–H and O–H groups in total. The van der Waals surface area contributed by atoms with Crippen molar-refractivity contribution in [2.45, 2.75) is 31.3 Å². The van der Waals surface area contributed by atoms with Crippen LogP contribution in [0.25, 0.3) is 0 Å². The zero-order chi connectivity index (χ0) is 7.40. The molecule has 10 heavy (non-hydrogen) atoms. The van der Waals surface area contributed by atoms with Gasteiger partial charge in [0.05, 0.1) is 6.04 Å². The van der Waals surface area contributed by atoms with Gasteiger partial charge in [-0.15, -0.1) is 6.58 Å². The average molecular weight is 138 g/mol. The molecule has 0 aromatic carbocycles. The van der Waals surface area contributed by atoms with Crippen LogP contribution < -0.4 is 5.32 Å². The molecule has 1 aliphatic heterocycles. The Morgan fingerprint density at radius 3 is 3.00 bits per heavy atom. The van der Waals surface area contributed by atoms with Gasteiger partial charge in [-0.25, -0.2) is 0 Å². The maximum atomic E-state index is 10.1.